The Morgan fingerprint density at radius 2 is 1.77 bits per heavy atom. The molecule has 2 aromatic carbocycles. The summed E-state index contributed by atoms with van der Waals surface area (Å²) in [6.07, 6.45) is 8.08. The van der Waals surface area contributed by atoms with E-state index in [1.165, 1.54) is 0 Å². The average Bonchev–Trinajstić information content (AvgIpc) is 3.46. The fourth-order valence-electron chi connectivity index (χ4n) is 2.95. The third kappa shape index (κ3) is 3.91. The predicted molar refractivity (Wildman–Crippen MR) is 103 cm³/mol. The number of anilines is 1. The van der Waals surface area contributed by atoms with Crippen LogP contribution in [-0.2, 0) is 16.0 Å². The van der Waals surface area contributed by atoms with Gasteiger partial charge in [0.1, 0.15) is 0 Å². The van der Waals surface area contributed by atoms with Crippen molar-refractivity contribution in [3.05, 3.63) is 76.9 Å². The van der Waals surface area contributed by atoms with Gasteiger partial charge in [-0.25, -0.2) is 0 Å². The second-order valence-corrected chi connectivity index (χ2v) is 6.74. The average molecular weight is 344 g/mol. The lowest BCUT2D eigenvalue weighted by molar-refractivity contribution is -0.116. The van der Waals surface area contributed by atoms with Crippen molar-refractivity contribution in [3.63, 3.8) is 0 Å². The van der Waals surface area contributed by atoms with Gasteiger partial charge in [0.25, 0.3) is 5.91 Å². The number of amides is 2. The van der Waals surface area contributed by atoms with Gasteiger partial charge in [0.2, 0.25) is 5.91 Å². The zero-order chi connectivity index (χ0) is 17.9. The molecule has 4 nitrogen and oxygen atoms in total. The molecule has 1 aliphatic carbocycles. The van der Waals surface area contributed by atoms with E-state index in [1.54, 1.807) is 12.2 Å². The van der Waals surface area contributed by atoms with Crippen molar-refractivity contribution in [3.8, 4) is 0 Å². The molecule has 0 saturated heterocycles. The molecule has 0 bridgehead atoms. The summed E-state index contributed by atoms with van der Waals surface area (Å²) in [7, 11) is 0. The SMILES string of the molecule is O=C(/C=C/c1ccc(/C=C2\Cc3ccccc3NC2=O)cc1)NC1CC1. The molecule has 2 aromatic rings. The van der Waals surface area contributed by atoms with E-state index in [1.807, 2.05) is 54.6 Å². The van der Waals surface area contributed by atoms with Crippen LogP contribution in [0.4, 0.5) is 5.69 Å². The molecule has 1 heterocycles. The molecular formula is C22H20N2O2. The van der Waals surface area contributed by atoms with Crippen LogP contribution in [0.15, 0.2) is 60.2 Å². The summed E-state index contributed by atoms with van der Waals surface area (Å²) in [6, 6.07) is 16.0. The quantitative estimate of drug-likeness (QED) is 0.833. The summed E-state index contributed by atoms with van der Waals surface area (Å²) in [5, 5.41) is 5.86. The van der Waals surface area contributed by atoms with Crippen molar-refractivity contribution in [2.24, 2.45) is 0 Å². The summed E-state index contributed by atoms with van der Waals surface area (Å²) in [4.78, 5) is 23.9. The molecule has 0 spiro atoms. The molecule has 2 amide bonds. The molecule has 1 fully saturated rings. The molecule has 26 heavy (non-hydrogen) atoms. The Balaban J connectivity index is 1.45. The fraction of sp³-hybridized carbons (Fsp3) is 0.182. The first kappa shape index (κ1) is 16.3. The molecular weight excluding hydrogens is 324 g/mol. The molecule has 1 aliphatic heterocycles. The van der Waals surface area contributed by atoms with E-state index in [4.69, 9.17) is 0 Å². The first-order chi connectivity index (χ1) is 12.7. The lowest BCUT2D eigenvalue weighted by atomic mass is 9.96. The minimum absolute atomic E-state index is 0.0452. The van der Waals surface area contributed by atoms with E-state index < -0.39 is 0 Å². The van der Waals surface area contributed by atoms with Crippen LogP contribution in [0.1, 0.15) is 29.5 Å². The van der Waals surface area contributed by atoms with Crippen molar-refractivity contribution in [1.82, 2.24) is 5.32 Å². The second-order valence-electron chi connectivity index (χ2n) is 6.74. The highest BCUT2D eigenvalue weighted by molar-refractivity contribution is 6.09. The van der Waals surface area contributed by atoms with Gasteiger partial charge in [0.05, 0.1) is 0 Å². The Morgan fingerprint density at radius 1 is 1.04 bits per heavy atom. The summed E-state index contributed by atoms with van der Waals surface area (Å²) in [6.45, 7) is 0. The van der Waals surface area contributed by atoms with Crippen molar-refractivity contribution in [2.75, 3.05) is 5.32 Å². The Bertz CT molecular complexity index is 906. The van der Waals surface area contributed by atoms with Gasteiger partial charge in [-0.15, -0.1) is 0 Å². The van der Waals surface area contributed by atoms with E-state index >= 15 is 0 Å². The first-order valence-corrected chi connectivity index (χ1v) is 8.86. The van der Waals surface area contributed by atoms with Gasteiger partial charge >= 0.3 is 0 Å². The van der Waals surface area contributed by atoms with Crippen LogP contribution in [0.5, 0.6) is 0 Å². The van der Waals surface area contributed by atoms with Crippen molar-refractivity contribution >= 4 is 29.7 Å². The minimum Gasteiger partial charge on any atom is -0.350 e. The van der Waals surface area contributed by atoms with E-state index in [2.05, 4.69) is 10.6 Å². The van der Waals surface area contributed by atoms with E-state index in [-0.39, 0.29) is 11.8 Å². The van der Waals surface area contributed by atoms with Gasteiger partial charge < -0.3 is 10.6 Å². The number of hydrogen-bond donors (Lipinski definition) is 2. The van der Waals surface area contributed by atoms with Crippen LogP contribution in [0.3, 0.4) is 0 Å². The largest absolute Gasteiger partial charge is 0.350 e. The molecule has 1 saturated carbocycles. The monoisotopic (exact) mass is 344 g/mol. The zero-order valence-electron chi connectivity index (χ0n) is 14.4. The van der Waals surface area contributed by atoms with Crippen molar-refractivity contribution in [2.45, 2.75) is 25.3 Å². The smallest absolute Gasteiger partial charge is 0.251 e. The Hall–Kier alpha value is -3.14. The fourth-order valence-corrected chi connectivity index (χ4v) is 2.95. The maximum absolute atomic E-state index is 12.3. The van der Waals surface area contributed by atoms with Gasteiger partial charge in [0, 0.05) is 29.8 Å². The van der Waals surface area contributed by atoms with Gasteiger partial charge in [-0.05, 0) is 47.8 Å². The highest BCUT2D eigenvalue weighted by atomic mass is 16.2. The lowest BCUT2D eigenvalue weighted by Gasteiger charge is -2.19. The molecule has 2 N–H and O–H groups in total. The van der Waals surface area contributed by atoms with Crippen LogP contribution in [0, 0.1) is 0 Å². The molecule has 0 aromatic heterocycles. The standard InChI is InChI=1S/C22H20N2O2/c25-21(23-19-10-11-19)12-9-15-5-7-16(8-6-15)13-18-14-17-3-1-2-4-20(17)24-22(18)26/h1-9,12-13,19H,10-11,14H2,(H,23,25)(H,24,26)/b12-9+,18-13+. The summed E-state index contributed by atoms with van der Waals surface area (Å²) in [5.74, 6) is -0.0966. The van der Waals surface area contributed by atoms with Gasteiger partial charge in [-0.2, -0.15) is 0 Å². The molecule has 0 radical (unpaired) electrons. The van der Waals surface area contributed by atoms with Gasteiger partial charge in [0.15, 0.2) is 0 Å². The third-order valence-corrected chi connectivity index (χ3v) is 4.57. The number of hydrogen-bond acceptors (Lipinski definition) is 2. The van der Waals surface area contributed by atoms with Gasteiger partial charge in [-0.1, -0.05) is 42.5 Å². The minimum atomic E-state index is -0.0515. The maximum atomic E-state index is 12.3. The van der Waals surface area contributed by atoms with Crippen molar-refractivity contribution in [1.29, 1.82) is 0 Å². The number of para-hydroxylation sites is 1. The van der Waals surface area contributed by atoms with Crippen LogP contribution in [-0.4, -0.2) is 17.9 Å². The highest BCUT2D eigenvalue weighted by Crippen LogP contribution is 2.26. The molecule has 4 rings (SSSR count). The topological polar surface area (TPSA) is 58.2 Å². The Morgan fingerprint density at radius 3 is 2.54 bits per heavy atom. The summed E-state index contributed by atoms with van der Waals surface area (Å²) < 4.78 is 0. The van der Waals surface area contributed by atoms with Crippen molar-refractivity contribution < 1.29 is 9.59 Å². The van der Waals surface area contributed by atoms with Gasteiger partial charge in [-0.3, -0.25) is 9.59 Å². The van der Waals surface area contributed by atoms with E-state index in [9.17, 15) is 9.59 Å². The summed E-state index contributed by atoms with van der Waals surface area (Å²) in [5.41, 5.74) is 4.68. The number of nitrogens with one attached hydrogen (secondary N) is 2. The third-order valence-electron chi connectivity index (χ3n) is 4.57. The number of benzene rings is 2. The second kappa shape index (κ2) is 7.00. The molecule has 4 heteroatoms. The lowest BCUT2D eigenvalue weighted by Crippen LogP contribution is -2.22. The summed E-state index contributed by atoms with van der Waals surface area (Å²) >= 11 is 0. The molecule has 0 atom stereocenters. The number of carbonyl (C=O) groups is 2. The van der Waals surface area contributed by atoms with E-state index in [0.29, 0.717) is 12.5 Å². The first-order valence-electron chi connectivity index (χ1n) is 8.86. The van der Waals surface area contributed by atoms with Crippen LogP contribution in [0.25, 0.3) is 12.2 Å². The van der Waals surface area contributed by atoms with E-state index in [0.717, 1.165) is 40.8 Å². The zero-order valence-corrected chi connectivity index (χ0v) is 14.4. The molecule has 130 valence electrons. The highest BCUT2D eigenvalue weighted by Gasteiger charge is 2.22. The number of rotatable bonds is 4. The Kier molecular flexibility index (Phi) is 4.40. The molecule has 2 aliphatic rings. The predicted octanol–water partition coefficient (Wildman–Crippen LogP) is 3.56. The van der Waals surface area contributed by atoms with Crippen LogP contribution in [0.2, 0.25) is 0 Å². The van der Waals surface area contributed by atoms with Crippen LogP contribution < -0.4 is 10.6 Å². The molecule has 0 unspecified atom stereocenters. The number of carbonyl (C=O) groups excluding carboxylic acids is 2. The van der Waals surface area contributed by atoms with Crippen LogP contribution >= 0.6 is 0 Å². The number of fused-ring (bicyclic) bond motifs is 1. The Labute approximate surface area is 152 Å². The normalized spacial score (nSPS) is 17.8. The maximum Gasteiger partial charge on any atom is 0.251 e.